The number of morpholine rings is 1. The fourth-order valence-electron chi connectivity index (χ4n) is 3.68. The van der Waals surface area contributed by atoms with Crippen LogP contribution in [0.15, 0.2) is 23.2 Å². The molecule has 0 spiro atoms. The molecule has 3 rings (SSSR count). The topological polar surface area (TPSA) is 96.5 Å². The first-order chi connectivity index (χ1) is 15.2. The molecular formula is C22H35N5O4. The van der Waals surface area contributed by atoms with Crippen molar-refractivity contribution < 1.29 is 19.0 Å². The van der Waals surface area contributed by atoms with Gasteiger partial charge >= 0.3 is 0 Å². The third-order valence-corrected chi connectivity index (χ3v) is 5.63. The van der Waals surface area contributed by atoms with Gasteiger partial charge in [-0.05, 0) is 30.5 Å². The number of guanidine groups is 1. The summed E-state index contributed by atoms with van der Waals surface area (Å²) in [7, 11) is 5.04. The molecule has 0 bridgehead atoms. The molecule has 1 saturated heterocycles. The Bertz CT molecular complexity index is 747. The molecule has 31 heavy (non-hydrogen) atoms. The van der Waals surface area contributed by atoms with Crippen molar-refractivity contribution in [1.29, 1.82) is 0 Å². The second-order valence-electron chi connectivity index (χ2n) is 7.72. The number of benzene rings is 1. The summed E-state index contributed by atoms with van der Waals surface area (Å²) in [6.07, 6.45) is 2.03. The fourth-order valence-corrected chi connectivity index (χ4v) is 3.68. The number of nitrogens with one attached hydrogen (secondary N) is 3. The Morgan fingerprint density at radius 1 is 1.13 bits per heavy atom. The number of rotatable bonds is 10. The summed E-state index contributed by atoms with van der Waals surface area (Å²) < 4.78 is 16.4. The van der Waals surface area contributed by atoms with Crippen molar-refractivity contribution in [3.63, 3.8) is 0 Å². The van der Waals surface area contributed by atoms with E-state index in [-0.39, 0.29) is 17.9 Å². The van der Waals surface area contributed by atoms with Crippen LogP contribution in [0.3, 0.4) is 0 Å². The molecule has 1 heterocycles. The summed E-state index contributed by atoms with van der Waals surface area (Å²) in [4.78, 5) is 18.5. The van der Waals surface area contributed by atoms with E-state index in [1.807, 2.05) is 12.1 Å². The quantitative estimate of drug-likeness (QED) is 0.285. The van der Waals surface area contributed by atoms with Gasteiger partial charge in [0, 0.05) is 45.7 Å². The first-order valence-electron chi connectivity index (χ1n) is 10.9. The minimum Gasteiger partial charge on any atom is -0.493 e. The van der Waals surface area contributed by atoms with Gasteiger partial charge in [-0.3, -0.25) is 14.7 Å². The van der Waals surface area contributed by atoms with Gasteiger partial charge in [-0.25, -0.2) is 0 Å². The van der Waals surface area contributed by atoms with Crippen LogP contribution in [0.5, 0.6) is 11.5 Å². The van der Waals surface area contributed by atoms with Gasteiger partial charge in [0.1, 0.15) is 0 Å². The number of hydrogen-bond acceptors (Lipinski definition) is 6. The lowest BCUT2D eigenvalue weighted by Crippen LogP contribution is -2.47. The van der Waals surface area contributed by atoms with E-state index in [0.717, 1.165) is 44.7 Å². The van der Waals surface area contributed by atoms with Gasteiger partial charge in [-0.1, -0.05) is 6.07 Å². The molecule has 1 aromatic rings. The largest absolute Gasteiger partial charge is 0.493 e. The van der Waals surface area contributed by atoms with E-state index in [4.69, 9.17) is 14.2 Å². The predicted molar refractivity (Wildman–Crippen MR) is 120 cm³/mol. The maximum Gasteiger partial charge on any atom is 0.223 e. The highest BCUT2D eigenvalue weighted by molar-refractivity contribution is 5.81. The standard InChI is InChI=1S/C22H35N5O4/c1-23-22(25-9-8-24-21(28)16-4-5-16)26-15-18(27-10-12-31-13-11-27)17-6-7-19(29-2)20(14-17)30-3/h6-7,14,16,18H,4-5,8-13,15H2,1-3H3,(H,24,28)(H2,23,25,26). The maximum atomic E-state index is 11.7. The van der Waals surface area contributed by atoms with Gasteiger partial charge in [-0.2, -0.15) is 0 Å². The average molecular weight is 434 g/mol. The summed E-state index contributed by atoms with van der Waals surface area (Å²) in [5.74, 6) is 2.52. The van der Waals surface area contributed by atoms with Crippen LogP contribution < -0.4 is 25.4 Å². The Balaban J connectivity index is 1.59. The molecule has 1 aliphatic heterocycles. The van der Waals surface area contributed by atoms with Crippen molar-refractivity contribution in [1.82, 2.24) is 20.9 Å². The lowest BCUT2D eigenvalue weighted by molar-refractivity contribution is -0.122. The first-order valence-corrected chi connectivity index (χ1v) is 10.9. The van der Waals surface area contributed by atoms with E-state index >= 15 is 0 Å². The third kappa shape index (κ3) is 6.73. The van der Waals surface area contributed by atoms with Crippen molar-refractivity contribution in [2.75, 3.05) is 67.2 Å². The van der Waals surface area contributed by atoms with Gasteiger partial charge in [0.15, 0.2) is 17.5 Å². The van der Waals surface area contributed by atoms with Gasteiger partial charge in [-0.15, -0.1) is 0 Å². The lowest BCUT2D eigenvalue weighted by atomic mass is 10.0. The van der Waals surface area contributed by atoms with Crippen LogP contribution >= 0.6 is 0 Å². The highest BCUT2D eigenvalue weighted by Gasteiger charge is 2.29. The van der Waals surface area contributed by atoms with Crippen LogP contribution in [-0.2, 0) is 9.53 Å². The zero-order chi connectivity index (χ0) is 22.1. The number of hydrogen-bond donors (Lipinski definition) is 3. The first kappa shape index (κ1) is 23.1. The smallest absolute Gasteiger partial charge is 0.223 e. The zero-order valence-corrected chi connectivity index (χ0v) is 18.8. The number of amides is 1. The van der Waals surface area contributed by atoms with Crippen molar-refractivity contribution in [3.8, 4) is 11.5 Å². The van der Waals surface area contributed by atoms with E-state index in [2.05, 4.69) is 31.9 Å². The highest BCUT2D eigenvalue weighted by Crippen LogP contribution is 2.32. The molecule has 9 heteroatoms. The highest BCUT2D eigenvalue weighted by atomic mass is 16.5. The van der Waals surface area contributed by atoms with Crippen molar-refractivity contribution in [3.05, 3.63) is 23.8 Å². The van der Waals surface area contributed by atoms with Gasteiger partial charge in [0.25, 0.3) is 0 Å². The number of nitrogens with zero attached hydrogens (tertiary/aromatic N) is 2. The average Bonchev–Trinajstić information content (AvgIpc) is 3.66. The Morgan fingerprint density at radius 3 is 2.48 bits per heavy atom. The number of carbonyl (C=O) groups is 1. The molecule has 1 aliphatic carbocycles. The Hall–Kier alpha value is -2.52. The minimum absolute atomic E-state index is 0.122. The van der Waals surface area contributed by atoms with Crippen molar-refractivity contribution >= 4 is 11.9 Å². The second kappa shape index (κ2) is 11.8. The van der Waals surface area contributed by atoms with Gasteiger partial charge in [0.05, 0.1) is 33.5 Å². The Kier molecular flexibility index (Phi) is 8.78. The van der Waals surface area contributed by atoms with E-state index in [9.17, 15) is 4.79 Å². The molecule has 0 aromatic heterocycles. The van der Waals surface area contributed by atoms with E-state index in [1.54, 1.807) is 21.3 Å². The third-order valence-electron chi connectivity index (χ3n) is 5.63. The summed E-state index contributed by atoms with van der Waals surface area (Å²) in [5, 5.41) is 9.66. The van der Waals surface area contributed by atoms with Crippen molar-refractivity contribution in [2.24, 2.45) is 10.9 Å². The SMILES string of the molecule is CN=C(NCCNC(=O)C1CC1)NCC(c1ccc(OC)c(OC)c1)N1CCOCC1. The molecule has 9 nitrogen and oxygen atoms in total. The van der Waals surface area contributed by atoms with Crippen LogP contribution in [0.2, 0.25) is 0 Å². The number of methoxy groups -OCH3 is 2. The molecule has 1 aromatic carbocycles. The fraction of sp³-hybridized carbons (Fsp3) is 0.636. The number of carbonyl (C=O) groups excluding carboxylic acids is 1. The maximum absolute atomic E-state index is 11.7. The predicted octanol–water partition coefficient (Wildman–Crippen LogP) is 0.768. The molecule has 2 aliphatic rings. The van der Waals surface area contributed by atoms with Crippen LogP contribution in [0.1, 0.15) is 24.4 Å². The number of ether oxygens (including phenoxy) is 3. The molecule has 1 saturated carbocycles. The molecular weight excluding hydrogens is 398 g/mol. The molecule has 2 fully saturated rings. The Labute approximate surface area is 184 Å². The van der Waals surface area contributed by atoms with E-state index < -0.39 is 0 Å². The van der Waals surface area contributed by atoms with Crippen molar-refractivity contribution in [2.45, 2.75) is 18.9 Å². The van der Waals surface area contributed by atoms with Crippen LogP contribution in [0.25, 0.3) is 0 Å². The lowest BCUT2D eigenvalue weighted by Gasteiger charge is -2.35. The van der Waals surface area contributed by atoms with E-state index in [1.165, 1.54) is 0 Å². The zero-order valence-electron chi connectivity index (χ0n) is 18.8. The molecule has 1 amide bonds. The molecule has 1 unspecified atom stereocenters. The van der Waals surface area contributed by atoms with Gasteiger partial charge in [0.2, 0.25) is 5.91 Å². The summed E-state index contributed by atoms with van der Waals surface area (Å²) in [6.45, 7) is 5.04. The van der Waals surface area contributed by atoms with E-state index in [0.29, 0.717) is 37.1 Å². The minimum atomic E-state index is 0.122. The monoisotopic (exact) mass is 433 g/mol. The summed E-state index contributed by atoms with van der Waals surface area (Å²) in [5.41, 5.74) is 1.14. The second-order valence-corrected chi connectivity index (χ2v) is 7.72. The molecule has 3 N–H and O–H groups in total. The summed E-state index contributed by atoms with van der Waals surface area (Å²) in [6, 6.07) is 6.17. The number of aliphatic imine (C=N–C) groups is 1. The Morgan fingerprint density at radius 2 is 1.84 bits per heavy atom. The van der Waals surface area contributed by atoms with Gasteiger partial charge < -0.3 is 30.2 Å². The molecule has 1 atom stereocenters. The summed E-state index contributed by atoms with van der Waals surface area (Å²) >= 11 is 0. The van der Waals surface area contributed by atoms with Crippen LogP contribution in [0.4, 0.5) is 0 Å². The van der Waals surface area contributed by atoms with Crippen LogP contribution in [0, 0.1) is 5.92 Å². The molecule has 0 radical (unpaired) electrons. The molecule has 172 valence electrons. The van der Waals surface area contributed by atoms with Crippen LogP contribution in [-0.4, -0.2) is 84.0 Å². The normalized spacial score (nSPS) is 18.2.